The molecule has 0 aromatic heterocycles. The first-order valence-corrected chi connectivity index (χ1v) is 3.98. The van der Waals surface area contributed by atoms with E-state index in [1.807, 2.05) is 0 Å². The molecule has 6 heteroatoms. The monoisotopic (exact) mass is 198 g/mol. The molecule has 14 heavy (non-hydrogen) atoms. The van der Waals surface area contributed by atoms with Gasteiger partial charge < -0.3 is 10.4 Å². The second-order valence-electron chi connectivity index (χ2n) is 2.89. The first kappa shape index (κ1) is 10.2. The molecular formula is C8H10N2O4. The van der Waals surface area contributed by atoms with Gasteiger partial charge in [0.05, 0.1) is 6.42 Å². The Bertz CT molecular complexity index is 310. The molecule has 0 bridgehead atoms. The molecule has 1 heterocycles. The van der Waals surface area contributed by atoms with Gasteiger partial charge in [0.15, 0.2) is 0 Å². The Hall–Kier alpha value is -1.85. The molecule has 1 unspecified atom stereocenters. The van der Waals surface area contributed by atoms with Crippen molar-refractivity contribution >= 4 is 17.8 Å². The lowest BCUT2D eigenvalue weighted by molar-refractivity contribution is -0.137. The van der Waals surface area contributed by atoms with Gasteiger partial charge in [-0.05, 0) is 0 Å². The zero-order valence-electron chi connectivity index (χ0n) is 7.56. The van der Waals surface area contributed by atoms with Crippen molar-refractivity contribution in [3.05, 3.63) is 12.3 Å². The van der Waals surface area contributed by atoms with Crippen molar-refractivity contribution in [3.8, 4) is 0 Å². The molecule has 2 amide bonds. The number of likely N-dealkylation sites (N-methyl/N-ethyl adjacent to an activating group) is 1. The first-order chi connectivity index (χ1) is 6.52. The van der Waals surface area contributed by atoms with E-state index in [9.17, 15) is 14.4 Å². The van der Waals surface area contributed by atoms with Crippen LogP contribution in [0.15, 0.2) is 12.3 Å². The minimum Gasteiger partial charge on any atom is -0.478 e. The zero-order valence-corrected chi connectivity index (χ0v) is 7.56. The number of nitrogens with one attached hydrogen (secondary N) is 1. The Kier molecular flexibility index (Phi) is 2.85. The molecule has 1 saturated heterocycles. The van der Waals surface area contributed by atoms with Gasteiger partial charge in [0.1, 0.15) is 6.04 Å². The lowest BCUT2D eigenvalue weighted by Crippen LogP contribution is -2.34. The number of hydrogen-bond donors (Lipinski definition) is 2. The van der Waals surface area contributed by atoms with Crippen LogP contribution in [0, 0.1) is 0 Å². The van der Waals surface area contributed by atoms with Crippen LogP contribution in [-0.2, 0) is 14.4 Å². The van der Waals surface area contributed by atoms with E-state index in [0.29, 0.717) is 0 Å². The van der Waals surface area contributed by atoms with Gasteiger partial charge in [-0.1, -0.05) is 0 Å². The summed E-state index contributed by atoms with van der Waals surface area (Å²) in [4.78, 5) is 33.4. The number of hydrogen-bond acceptors (Lipinski definition) is 4. The SMILES string of the molecule is CN1C(=O)CC(N/C=C/C(=O)O)C1=O. The molecule has 0 aromatic carbocycles. The van der Waals surface area contributed by atoms with Crippen molar-refractivity contribution in [3.63, 3.8) is 0 Å². The Balaban J connectivity index is 2.52. The summed E-state index contributed by atoms with van der Waals surface area (Å²) in [7, 11) is 1.40. The van der Waals surface area contributed by atoms with Crippen LogP contribution in [0.3, 0.4) is 0 Å². The summed E-state index contributed by atoms with van der Waals surface area (Å²) in [5, 5.41) is 10.8. The fraction of sp³-hybridized carbons (Fsp3) is 0.375. The highest BCUT2D eigenvalue weighted by atomic mass is 16.4. The van der Waals surface area contributed by atoms with Gasteiger partial charge in [-0.3, -0.25) is 14.5 Å². The molecule has 0 aromatic rings. The second-order valence-corrected chi connectivity index (χ2v) is 2.89. The predicted octanol–water partition coefficient (Wildman–Crippen LogP) is -1.07. The number of imide groups is 1. The Labute approximate surface area is 80.2 Å². The quantitative estimate of drug-likeness (QED) is 0.445. The van der Waals surface area contributed by atoms with Gasteiger partial charge in [-0.25, -0.2) is 4.79 Å². The maximum absolute atomic E-state index is 11.3. The Morgan fingerprint density at radius 1 is 1.64 bits per heavy atom. The predicted molar refractivity (Wildman–Crippen MR) is 46.1 cm³/mol. The van der Waals surface area contributed by atoms with Gasteiger partial charge in [-0.2, -0.15) is 0 Å². The highest BCUT2D eigenvalue weighted by molar-refractivity contribution is 6.05. The van der Waals surface area contributed by atoms with E-state index in [1.165, 1.54) is 7.05 Å². The number of carbonyl (C=O) groups excluding carboxylic acids is 2. The van der Waals surface area contributed by atoms with Crippen molar-refractivity contribution in [2.75, 3.05) is 7.05 Å². The largest absolute Gasteiger partial charge is 0.478 e. The number of amides is 2. The van der Waals surface area contributed by atoms with Crippen LogP contribution in [0.25, 0.3) is 0 Å². The number of carbonyl (C=O) groups is 3. The molecule has 1 rings (SSSR count). The van der Waals surface area contributed by atoms with Crippen molar-refractivity contribution in [1.82, 2.24) is 10.2 Å². The van der Waals surface area contributed by atoms with E-state index in [2.05, 4.69) is 5.32 Å². The average molecular weight is 198 g/mol. The third-order valence-electron chi connectivity index (χ3n) is 1.90. The molecule has 0 saturated carbocycles. The van der Waals surface area contributed by atoms with Gasteiger partial charge >= 0.3 is 5.97 Å². The molecular weight excluding hydrogens is 188 g/mol. The Morgan fingerprint density at radius 3 is 2.71 bits per heavy atom. The van der Waals surface area contributed by atoms with Gasteiger partial charge in [-0.15, -0.1) is 0 Å². The van der Waals surface area contributed by atoms with Gasteiger partial charge in [0, 0.05) is 19.3 Å². The number of aliphatic carboxylic acids is 1. The lowest BCUT2D eigenvalue weighted by Gasteiger charge is -2.07. The number of likely N-dealkylation sites (tertiary alicyclic amines) is 1. The van der Waals surface area contributed by atoms with Crippen molar-refractivity contribution in [2.24, 2.45) is 0 Å². The molecule has 1 aliphatic rings. The molecule has 0 aliphatic carbocycles. The topological polar surface area (TPSA) is 86.7 Å². The maximum atomic E-state index is 11.3. The van der Waals surface area contributed by atoms with E-state index in [-0.39, 0.29) is 18.2 Å². The lowest BCUT2D eigenvalue weighted by atomic mass is 10.2. The van der Waals surface area contributed by atoms with Crippen molar-refractivity contribution in [2.45, 2.75) is 12.5 Å². The maximum Gasteiger partial charge on any atom is 0.329 e. The molecule has 2 N–H and O–H groups in total. The number of rotatable bonds is 3. The van der Waals surface area contributed by atoms with E-state index in [4.69, 9.17) is 5.11 Å². The normalized spacial score (nSPS) is 22.1. The van der Waals surface area contributed by atoms with E-state index in [1.54, 1.807) is 0 Å². The minimum absolute atomic E-state index is 0.0687. The summed E-state index contributed by atoms with van der Waals surface area (Å²) < 4.78 is 0. The molecule has 76 valence electrons. The van der Waals surface area contributed by atoms with Crippen LogP contribution in [0.4, 0.5) is 0 Å². The van der Waals surface area contributed by atoms with Crippen LogP contribution in [0.2, 0.25) is 0 Å². The molecule has 6 nitrogen and oxygen atoms in total. The first-order valence-electron chi connectivity index (χ1n) is 3.98. The Morgan fingerprint density at radius 2 is 2.29 bits per heavy atom. The fourth-order valence-electron chi connectivity index (χ4n) is 1.12. The highest BCUT2D eigenvalue weighted by Crippen LogP contribution is 2.09. The third-order valence-corrected chi connectivity index (χ3v) is 1.90. The summed E-state index contributed by atoms with van der Waals surface area (Å²) in [6, 6.07) is -0.636. The standard InChI is InChI=1S/C8H10N2O4/c1-10-6(11)4-5(8(10)14)9-3-2-7(12)13/h2-3,5,9H,4H2,1H3,(H,12,13)/b3-2+. The molecule has 1 atom stereocenters. The van der Waals surface area contributed by atoms with E-state index in [0.717, 1.165) is 17.2 Å². The van der Waals surface area contributed by atoms with E-state index < -0.39 is 12.0 Å². The van der Waals surface area contributed by atoms with Gasteiger partial charge in [0.25, 0.3) is 5.91 Å². The second kappa shape index (κ2) is 3.91. The summed E-state index contributed by atoms with van der Waals surface area (Å²) in [6.07, 6.45) is 2.09. The zero-order chi connectivity index (χ0) is 10.7. The highest BCUT2D eigenvalue weighted by Gasteiger charge is 2.35. The summed E-state index contributed by atoms with van der Waals surface area (Å²) in [5.41, 5.74) is 0. The number of carboxylic acids is 1. The third kappa shape index (κ3) is 2.09. The molecule has 0 radical (unpaired) electrons. The van der Waals surface area contributed by atoms with Crippen molar-refractivity contribution < 1.29 is 19.5 Å². The molecule has 0 spiro atoms. The van der Waals surface area contributed by atoms with Crippen LogP contribution in [0.5, 0.6) is 0 Å². The van der Waals surface area contributed by atoms with Crippen LogP contribution in [0.1, 0.15) is 6.42 Å². The van der Waals surface area contributed by atoms with E-state index >= 15 is 0 Å². The minimum atomic E-state index is -1.11. The average Bonchev–Trinajstić information content (AvgIpc) is 2.33. The van der Waals surface area contributed by atoms with Crippen LogP contribution in [-0.4, -0.2) is 40.9 Å². The molecule has 1 fully saturated rings. The smallest absolute Gasteiger partial charge is 0.329 e. The van der Waals surface area contributed by atoms with Crippen LogP contribution >= 0.6 is 0 Å². The summed E-state index contributed by atoms with van der Waals surface area (Å²) >= 11 is 0. The van der Waals surface area contributed by atoms with Crippen molar-refractivity contribution in [1.29, 1.82) is 0 Å². The summed E-state index contributed by atoms with van der Waals surface area (Å²) in [6.45, 7) is 0. The van der Waals surface area contributed by atoms with Crippen LogP contribution < -0.4 is 5.32 Å². The fourth-order valence-corrected chi connectivity index (χ4v) is 1.12. The number of nitrogens with zero attached hydrogens (tertiary/aromatic N) is 1. The number of carboxylic acid groups (broad SMARTS) is 1. The van der Waals surface area contributed by atoms with Gasteiger partial charge in [0.2, 0.25) is 5.91 Å². The summed E-state index contributed by atoms with van der Waals surface area (Å²) in [5.74, 6) is -1.72. The molecule has 1 aliphatic heterocycles.